The van der Waals surface area contributed by atoms with E-state index in [9.17, 15) is 9.59 Å². The van der Waals surface area contributed by atoms with E-state index in [2.05, 4.69) is 9.76 Å². The lowest BCUT2D eigenvalue weighted by molar-refractivity contribution is -0.116. The minimum atomic E-state index is -1.84. The highest BCUT2D eigenvalue weighted by Gasteiger charge is 2.33. The van der Waals surface area contributed by atoms with E-state index in [1.165, 1.54) is 5.01 Å². The molecular formula is C5H10N2O2Si3. The maximum atomic E-state index is 11.4. The van der Waals surface area contributed by atoms with E-state index in [0.717, 1.165) is 19.4 Å². The number of carbonyl (C=O) groups is 1. The lowest BCUT2D eigenvalue weighted by atomic mass is 10.2. The van der Waals surface area contributed by atoms with Crippen molar-refractivity contribution in [2.45, 2.75) is 18.9 Å². The van der Waals surface area contributed by atoms with Gasteiger partial charge in [-0.2, -0.15) is 0 Å². The van der Waals surface area contributed by atoms with Gasteiger partial charge < -0.3 is 9.59 Å². The van der Waals surface area contributed by atoms with Crippen molar-refractivity contribution < 1.29 is 9.59 Å². The average Bonchev–Trinajstić information content (AvgIpc) is 2.48. The molecule has 0 aliphatic carbocycles. The molecule has 3 N–H and O–H groups in total. The topological polar surface area (TPSA) is 66.6 Å². The molecule has 0 unspecified atom stereocenters. The van der Waals surface area contributed by atoms with Crippen LogP contribution in [0.5, 0.6) is 0 Å². The molecule has 1 aliphatic heterocycles. The molecule has 0 aromatic rings. The zero-order valence-electron chi connectivity index (χ0n) is 6.58. The van der Waals surface area contributed by atoms with Crippen molar-refractivity contribution in [3.8, 4) is 0 Å². The standard InChI is InChI=1S/C5H10N2O2Si3/c6-7-3-1-2-4(7)5(8)12(9)11-10/h4,9H,1-3,6H2/t4-/m0/s1. The van der Waals surface area contributed by atoms with Crippen LogP contribution in [-0.4, -0.2) is 54.7 Å². The molecule has 0 amide bonds. The van der Waals surface area contributed by atoms with E-state index in [1.54, 1.807) is 0 Å². The van der Waals surface area contributed by atoms with Crippen LogP contribution in [-0.2, 0) is 4.79 Å². The van der Waals surface area contributed by atoms with Crippen LogP contribution in [0.2, 0.25) is 0 Å². The molecule has 7 heteroatoms. The second kappa shape index (κ2) is 4.44. The number of hydrazine groups is 1. The van der Waals surface area contributed by atoms with Crippen LogP contribution in [0.1, 0.15) is 12.8 Å². The molecule has 0 aromatic carbocycles. The second-order valence-corrected chi connectivity index (χ2v) is 8.59. The van der Waals surface area contributed by atoms with Crippen LogP contribution in [0.25, 0.3) is 0 Å². The van der Waals surface area contributed by atoms with Crippen LogP contribution in [0.15, 0.2) is 0 Å². The molecule has 4 nitrogen and oxygen atoms in total. The molecule has 0 bridgehead atoms. The van der Waals surface area contributed by atoms with Crippen LogP contribution in [0, 0.1) is 0 Å². The molecule has 6 radical (unpaired) electrons. The Kier molecular flexibility index (Phi) is 3.81. The van der Waals surface area contributed by atoms with Gasteiger partial charge in [-0.3, -0.25) is 5.84 Å². The molecule has 1 fully saturated rings. The van der Waals surface area contributed by atoms with Crippen molar-refractivity contribution >= 4 is 32.3 Å². The van der Waals surface area contributed by atoms with Crippen molar-refractivity contribution in [1.29, 1.82) is 0 Å². The largest absolute Gasteiger partial charge is 0.428 e. The Labute approximate surface area is 78.6 Å². The fourth-order valence-corrected chi connectivity index (χ4v) is 4.02. The number of hydrogen-bond acceptors (Lipinski definition) is 4. The number of carbonyl (C=O) groups excluding carboxylic acids is 1. The van der Waals surface area contributed by atoms with E-state index < -0.39 is 8.56 Å². The molecule has 0 aromatic heterocycles. The van der Waals surface area contributed by atoms with Crippen molar-refractivity contribution in [1.82, 2.24) is 5.01 Å². The smallest absolute Gasteiger partial charge is 0.262 e. The quantitative estimate of drug-likeness (QED) is 0.410. The number of hydrogen-bond donors (Lipinski definition) is 2. The summed E-state index contributed by atoms with van der Waals surface area (Å²) in [6.45, 7) is 0.760. The molecular weight excluding hydrogens is 204 g/mol. The summed E-state index contributed by atoms with van der Waals surface area (Å²) >= 11 is 0. The number of nitrogens with zero attached hydrogens (tertiary/aromatic N) is 1. The SMILES string of the molecule is NN1CCC[C@H]1C(=O)[Si](O)[Si][Si]. The summed E-state index contributed by atoms with van der Waals surface area (Å²) < 4.78 is 0. The van der Waals surface area contributed by atoms with Crippen LogP contribution >= 0.6 is 0 Å². The van der Waals surface area contributed by atoms with Gasteiger partial charge >= 0.3 is 0 Å². The van der Waals surface area contributed by atoms with Crippen molar-refractivity contribution in [3.63, 3.8) is 0 Å². The normalized spacial score (nSPS) is 25.2. The molecule has 1 rings (SSSR count). The third-order valence-electron chi connectivity index (χ3n) is 1.95. The summed E-state index contributed by atoms with van der Waals surface area (Å²) in [6.07, 6.45) is 1.74. The van der Waals surface area contributed by atoms with Gasteiger partial charge in [-0.25, -0.2) is 5.01 Å². The number of rotatable bonds is 3. The Morgan fingerprint density at radius 3 is 2.92 bits per heavy atom. The summed E-state index contributed by atoms with van der Waals surface area (Å²) in [5, 5.41) is 1.48. The molecule has 1 atom stereocenters. The average molecular weight is 214 g/mol. The molecule has 64 valence electrons. The van der Waals surface area contributed by atoms with E-state index in [4.69, 9.17) is 5.84 Å². The van der Waals surface area contributed by atoms with E-state index in [0.29, 0.717) is 0 Å². The van der Waals surface area contributed by atoms with Crippen molar-refractivity contribution in [2.75, 3.05) is 6.54 Å². The van der Waals surface area contributed by atoms with Gasteiger partial charge in [0.05, 0.1) is 14.6 Å². The van der Waals surface area contributed by atoms with Gasteiger partial charge in [0.15, 0.2) is 5.41 Å². The Hall–Kier alpha value is 0.201. The lowest BCUT2D eigenvalue weighted by Crippen LogP contribution is -2.49. The Morgan fingerprint density at radius 1 is 1.83 bits per heavy atom. The fraction of sp³-hybridized carbons (Fsp3) is 0.800. The van der Waals surface area contributed by atoms with Gasteiger partial charge in [-0.05, 0) is 12.8 Å². The van der Waals surface area contributed by atoms with Gasteiger partial charge in [-0.1, -0.05) is 0 Å². The van der Waals surface area contributed by atoms with Gasteiger partial charge in [0.2, 0.25) is 0 Å². The lowest BCUT2D eigenvalue weighted by Gasteiger charge is -2.18. The first-order chi connectivity index (χ1) is 5.66. The third kappa shape index (κ3) is 2.12. The highest BCUT2D eigenvalue weighted by Crippen LogP contribution is 2.13. The minimum absolute atomic E-state index is 0.0617. The maximum absolute atomic E-state index is 11.4. The zero-order chi connectivity index (χ0) is 9.14. The minimum Gasteiger partial charge on any atom is -0.428 e. The first kappa shape index (κ1) is 10.3. The summed E-state index contributed by atoms with van der Waals surface area (Å²) in [4.78, 5) is 20.8. The van der Waals surface area contributed by atoms with Crippen molar-refractivity contribution in [3.05, 3.63) is 0 Å². The van der Waals surface area contributed by atoms with Gasteiger partial charge in [-0.15, -0.1) is 0 Å². The third-order valence-corrected chi connectivity index (χ3v) is 6.57. The predicted molar refractivity (Wildman–Crippen MR) is 48.4 cm³/mol. The predicted octanol–water partition coefficient (Wildman–Crippen LogP) is -2.30. The highest BCUT2D eigenvalue weighted by molar-refractivity contribution is 7.38. The van der Waals surface area contributed by atoms with Gasteiger partial charge in [0, 0.05) is 16.3 Å². The first-order valence-corrected chi connectivity index (χ1v) is 8.65. The number of nitrogens with two attached hydrogens (primary N) is 1. The molecule has 12 heavy (non-hydrogen) atoms. The maximum Gasteiger partial charge on any atom is 0.262 e. The van der Waals surface area contributed by atoms with Gasteiger partial charge in [0.25, 0.3) is 8.56 Å². The van der Waals surface area contributed by atoms with Crippen LogP contribution in [0.4, 0.5) is 0 Å². The van der Waals surface area contributed by atoms with E-state index in [1.807, 2.05) is 0 Å². The zero-order valence-corrected chi connectivity index (χ0v) is 9.58. The van der Waals surface area contributed by atoms with Crippen LogP contribution in [0.3, 0.4) is 0 Å². The van der Waals surface area contributed by atoms with E-state index >= 15 is 0 Å². The highest BCUT2D eigenvalue weighted by atomic mass is 29.5. The Morgan fingerprint density at radius 2 is 2.50 bits per heavy atom. The summed E-state index contributed by atoms with van der Waals surface area (Å²) in [6, 6.07) is -0.229. The summed E-state index contributed by atoms with van der Waals surface area (Å²) in [5.74, 6) is 5.58. The second-order valence-electron chi connectivity index (χ2n) is 2.73. The molecule has 1 aliphatic rings. The summed E-state index contributed by atoms with van der Waals surface area (Å²) in [7, 11) is 1.49. The summed E-state index contributed by atoms with van der Waals surface area (Å²) in [5.41, 5.74) is 0. The van der Waals surface area contributed by atoms with Crippen molar-refractivity contribution in [2.24, 2.45) is 5.84 Å². The van der Waals surface area contributed by atoms with Crippen LogP contribution < -0.4 is 5.84 Å². The Balaban J connectivity index is 2.51. The molecule has 0 saturated carbocycles. The van der Waals surface area contributed by atoms with E-state index in [-0.39, 0.29) is 20.0 Å². The first-order valence-electron chi connectivity index (χ1n) is 3.71. The fourth-order valence-electron chi connectivity index (χ4n) is 1.29. The van der Waals surface area contributed by atoms with Gasteiger partial charge in [0.1, 0.15) is 0 Å². The Bertz CT molecular complexity index is 180. The monoisotopic (exact) mass is 214 g/mol. The molecule has 0 spiro atoms. The molecule has 1 heterocycles. The molecule has 1 saturated heterocycles.